The second-order valence-electron chi connectivity index (χ2n) is 7.63. The molecule has 0 radical (unpaired) electrons. The lowest BCUT2D eigenvalue weighted by Crippen LogP contribution is -2.21. The summed E-state index contributed by atoms with van der Waals surface area (Å²) in [4.78, 5) is 27.6. The number of fused-ring (bicyclic) bond motifs is 4. The first-order valence-corrected chi connectivity index (χ1v) is 10.6. The Kier molecular flexibility index (Phi) is 4.54. The molecule has 0 amide bonds. The van der Waals surface area contributed by atoms with Crippen LogP contribution >= 0.6 is 0 Å². The van der Waals surface area contributed by atoms with Gasteiger partial charge >= 0.3 is 0 Å². The van der Waals surface area contributed by atoms with Crippen LogP contribution in [0.2, 0.25) is 0 Å². The molecule has 0 fully saturated rings. The van der Waals surface area contributed by atoms with E-state index in [1.165, 1.54) is 0 Å². The summed E-state index contributed by atoms with van der Waals surface area (Å²) in [5, 5.41) is 4.92. The number of hydrogen-bond donors (Lipinski definition) is 0. The number of rotatable bonds is 5. The highest BCUT2D eigenvalue weighted by Crippen LogP contribution is 2.24. The third-order valence-corrected chi connectivity index (χ3v) is 5.54. The summed E-state index contributed by atoms with van der Waals surface area (Å²) in [6, 6.07) is 21.2. The summed E-state index contributed by atoms with van der Waals surface area (Å²) in [6.07, 6.45) is 5.42. The summed E-state index contributed by atoms with van der Waals surface area (Å²) in [7, 11) is 0. The third-order valence-electron chi connectivity index (χ3n) is 5.54. The van der Waals surface area contributed by atoms with Gasteiger partial charge in [0.2, 0.25) is 0 Å². The van der Waals surface area contributed by atoms with Gasteiger partial charge in [0, 0.05) is 6.54 Å². The van der Waals surface area contributed by atoms with Gasteiger partial charge in [0.15, 0.2) is 11.3 Å². The number of hydrogen-bond acceptors (Lipinski definition) is 6. The minimum absolute atomic E-state index is 0.169. The van der Waals surface area contributed by atoms with Crippen LogP contribution in [0.5, 0.6) is 0 Å². The fourth-order valence-corrected chi connectivity index (χ4v) is 3.90. The largest absolute Gasteiger partial charge is 0.463 e. The topological polar surface area (TPSA) is 91.1 Å². The van der Waals surface area contributed by atoms with Crippen LogP contribution in [-0.4, -0.2) is 30.4 Å². The zero-order chi connectivity index (χ0) is 22.2. The van der Waals surface area contributed by atoms with Gasteiger partial charge in [-0.1, -0.05) is 42.5 Å². The molecule has 0 saturated carbocycles. The van der Waals surface area contributed by atoms with E-state index in [1.54, 1.807) is 40.2 Å². The SMILES string of the molecule is O=c1c2c3nc4ccccc4nc3n(N=Cc3ccco3)c2ncn1CCc1ccccc1. The molecule has 2 aromatic carbocycles. The molecule has 0 atom stereocenters. The molecule has 0 aliphatic rings. The molecule has 160 valence electrons. The molecule has 4 aromatic heterocycles. The molecular weight excluding hydrogens is 416 g/mol. The van der Waals surface area contributed by atoms with Gasteiger partial charge in [-0.25, -0.2) is 15.0 Å². The average Bonchev–Trinajstić information content (AvgIpc) is 3.48. The van der Waals surface area contributed by atoms with E-state index < -0.39 is 0 Å². The highest BCUT2D eigenvalue weighted by molar-refractivity contribution is 6.04. The summed E-state index contributed by atoms with van der Waals surface area (Å²) >= 11 is 0. The van der Waals surface area contributed by atoms with Crippen molar-refractivity contribution in [3.63, 3.8) is 0 Å². The lowest BCUT2D eigenvalue weighted by Gasteiger charge is -2.05. The van der Waals surface area contributed by atoms with E-state index in [2.05, 4.69) is 10.1 Å². The molecule has 6 aromatic rings. The van der Waals surface area contributed by atoms with Crippen LogP contribution in [0.15, 0.2) is 93.6 Å². The van der Waals surface area contributed by atoms with E-state index in [0.717, 1.165) is 12.0 Å². The summed E-state index contributed by atoms with van der Waals surface area (Å²) in [5.41, 5.74) is 3.76. The van der Waals surface area contributed by atoms with Gasteiger partial charge in [-0.05, 0) is 36.2 Å². The van der Waals surface area contributed by atoms with E-state index in [-0.39, 0.29) is 5.56 Å². The number of para-hydroxylation sites is 2. The van der Waals surface area contributed by atoms with Gasteiger partial charge in [-0.15, -0.1) is 0 Å². The summed E-state index contributed by atoms with van der Waals surface area (Å²) < 4.78 is 8.53. The molecular formula is C25H18N6O2. The zero-order valence-corrected chi connectivity index (χ0v) is 17.5. The smallest absolute Gasteiger partial charge is 0.265 e. The second kappa shape index (κ2) is 7.83. The molecule has 8 nitrogen and oxygen atoms in total. The van der Waals surface area contributed by atoms with Crippen molar-refractivity contribution >= 4 is 39.4 Å². The van der Waals surface area contributed by atoms with Crippen molar-refractivity contribution in [2.45, 2.75) is 13.0 Å². The monoisotopic (exact) mass is 434 g/mol. The number of aryl methyl sites for hydroxylation is 2. The molecule has 0 spiro atoms. The average molecular weight is 434 g/mol. The Balaban J connectivity index is 1.55. The van der Waals surface area contributed by atoms with Crippen LogP contribution in [0.1, 0.15) is 11.3 Å². The Hall–Kier alpha value is -4.59. The molecule has 0 saturated heterocycles. The quantitative estimate of drug-likeness (QED) is 0.382. The van der Waals surface area contributed by atoms with Crippen molar-refractivity contribution in [1.82, 2.24) is 24.2 Å². The van der Waals surface area contributed by atoms with E-state index in [0.29, 0.717) is 45.5 Å². The van der Waals surface area contributed by atoms with Crippen molar-refractivity contribution in [1.29, 1.82) is 0 Å². The standard InChI is InChI=1S/C25H18N6O2/c32-25-21-22-24(29-20-11-5-4-10-19(20)28-22)31(27-15-18-9-6-14-33-18)23(21)26-16-30(25)13-12-17-7-2-1-3-8-17/h1-11,14-16H,12-13H2. The van der Waals surface area contributed by atoms with Crippen molar-refractivity contribution in [2.75, 3.05) is 0 Å². The van der Waals surface area contributed by atoms with Crippen molar-refractivity contribution in [3.05, 3.63) is 101 Å². The van der Waals surface area contributed by atoms with Crippen LogP contribution in [-0.2, 0) is 13.0 Å². The molecule has 0 unspecified atom stereocenters. The molecule has 4 heterocycles. The zero-order valence-electron chi connectivity index (χ0n) is 17.5. The first-order valence-electron chi connectivity index (χ1n) is 10.6. The van der Waals surface area contributed by atoms with Gasteiger partial charge in [0.1, 0.15) is 16.7 Å². The fourth-order valence-electron chi connectivity index (χ4n) is 3.90. The van der Waals surface area contributed by atoms with Gasteiger partial charge in [-0.3, -0.25) is 9.36 Å². The molecule has 8 heteroatoms. The third kappa shape index (κ3) is 3.38. The van der Waals surface area contributed by atoms with Crippen LogP contribution in [0.25, 0.3) is 33.2 Å². The maximum absolute atomic E-state index is 13.5. The Labute approximate surface area is 187 Å². The fraction of sp³-hybridized carbons (Fsp3) is 0.0800. The van der Waals surface area contributed by atoms with Gasteiger partial charge < -0.3 is 4.42 Å². The summed E-state index contributed by atoms with van der Waals surface area (Å²) in [5.74, 6) is 0.579. The predicted molar refractivity (Wildman–Crippen MR) is 126 cm³/mol. The Morgan fingerprint density at radius 3 is 2.48 bits per heavy atom. The minimum Gasteiger partial charge on any atom is -0.463 e. The number of furan rings is 1. The first kappa shape index (κ1) is 19.1. The summed E-state index contributed by atoms with van der Waals surface area (Å²) in [6.45, 7) is 0.509. The number of nitrogens with zero attached hydrogens (tertiary/aromatic N) is 6. The number of benzene rings is 2. The lowest BCUT2D eigenvalue weighted by molar-refractivity contribution is 0.559. The van der Waals surface area contributed by atoms with Crippen LogP contribution in [0, 0.1) is 0 Å². The molecule has 6 rings (SSSR count). The Bertz CT molecular complexity index is 1680. The normalized spacial score (nSPS) is 11.9. The molecule has 0 bridgehead atoms. The lowest BCUT2D eigenvalue weighted by atomic mass is 10.1. The molecule has 0 aliphatic heterocycles. The van der Waals surface area contributed by atoms with E-state index in [4.69, 9.17) is 14.4 Å². The van der Waals surface area contributed by atoms with E-state index in [1.807, 2.05) is 54.6 Å². The van der Waals surface area contributed by atoms with Crippen molar-refractivity contribution < 1.29 is 4.42 Å². The maximum Gasteiger partial charge on any atom is 0.265 e. The number of aromatic nitrogens is 5. The second-order valence-corrected chi connectivity index (χ2v) is 7.63. The van der Waals surface area contributed by atoms with E-state index in [9.17, 15) is 4.79 Å². The van der Waals surface area contributed by atoms with E-state index >= 15 is 0 Å². The molecule has 33 heavy (non-hydrogen) atoms. The van der Waals surface area contributed by atoms with Gasteiger partial charge in [0.25, 0.3) is 5.56 Å². The Morgan fingerprint density at radius 2 is 1.70 bits per heavy atom. The maximum atomic E-state index is 13.5. The van der Waals surface area contributed by atoms with Gasteiger partial charge in [-0.2, -0.15) is 9.78 Å². The van der Waals surface area contributed by atoms with Crippen molar-refractivity contribution in [2.24, 2.45) is 5.10 Å². The Morgan fingerprint density at radius 1 is 0.909 bits per heavy atom. The first-order chi connectivity index (χ1) is 16.3. The van der Waals surface area contributed by atoms with Crippen LogP contribution < -0.4 is 5.56 Å². The molecule has 0 N–H and O–H groups in total. The predicted octanol–water partition coefficient (Wildman–Crippen LogP) is 4.01. The van der Waals surface area contributed by atoms with Crippen LogP contribution in [0.3, 0.4) is 0 Å². The highest BCUT2D eigenvalue weighted by Gasteiger charge is 2.19. The van der Waals surface area contributed by atoms with Crippen molar-refractivity contribution in [3.8, 4) is 0 Å². The van der Waals surface area contributed by atoms with Crippen LogP contribution in [0.4, 0.5) is 0 Å². The highest BCUT2D eigenvalue weighted by atomic mass is 16.3. The minimum atomic E-state index is -0.169. The molecule has 0 aliphatic carbocycles. The van der Waals surface area contributed by atoms with Gasteiger partial charge in [0.05, 0.1) is 29.8 Å².